The third-order valence-electron chi connectivity index (χ3n) is 1.91. The molecule has 1 heterocycles. The van der Waals surface area contributed by atoms with E-state index in [4.69, 9.17) is 28.3 Å². The lowest BCUT2D eigenvalue weighted by Gasteiger charge is -2.26. The average molecular weight is 250 g/mol. The van der Waals surface area contributed by atoms with Crippen LogP contribution in [0.5, 0.6) is 0 Å². The van der Waals surface area contributed by atoms with E-state index in [9.17, 15) is 0 Å². The monoisotopic (exact) mass is 249 g/mol. The number of aliphatic hydroxyl groups is 1. The number of hydrogen-bond donors (Lipinski definition) is 2. The molecule has 0 saturated carbocycles. The highest BCUT2D eigenvalue weighted by atomic mass is 35.5. The summed E-state index contributed by atoms with van der Waals surface area (Å²) in [6.07, 6.45) is 2.03. The zero-order valence-corrected chi connectivity index (χ0v) is 10.1. The topological polar surface area (TPSA) is 58.0 Å². The molecule has 0 aliphatic heterocycles. The van der Waals surface area contributed by atoms with E-state index in [2.05, 4.69) is 15.3 Å². The molecule has 6 heteroatoms. The number of halogens is 2. The van der Waals surface area contributed by atoms with Gasteiger partial charge in [-0.2, -0.15) is 4.98 Å². The first-order valence-electron chi connectivity index (χ1n) is 4.52. The van der Waals surface area contributed by atoms with Gasteiger partial charge >= 0.3 is 0 Å². The summed E-state index contributed by atoms with van der Waals surface area (Å²) in [7, 11) is 0. The fourth-order valence-electron chi connectivity index (χ4n) is 1.10. The molecule has 0 aliphatic rings. The number of anilines is 1. The zero-order chi connectivity index (χ0) is 11.5. The van der Waals surface area contributed by atoms with Crippen molar-refractivity contribution in [1.82, 2.24) is 9.97 Å². The Kier molecular flexibility index (Phi) is 4.13. The molecule has 84 valence electrons. The van der Waals surface area contributed by atoms with Gasteiger partial charge in [0, 0.05) is 12.1 Å². The van der Waals surface area contributed by atoms with Crippen LogP contribution in [0.1, 0.15) is 20.3 Å². The third-order valence-corrected chi connectivity index (χ3v) is 2.37. The van der Waals surface area contributed by atoms with Crippen molar-refractivity contribution < 1.29 is 5.11 Å². The highest BCUT2D eigenvalue weighted by Crippen LogP contribution is 2.24. The molecule has 0 radical (unpaired) electrons. The fraction of sp³-hybridized carbons (Fsp3) is 0.556. The summed E-state index contributed by atoms with van der Waals surface area (Å²) in [6.45, 7) is 3.97. The van der Waals surface area contributed by atoms with Crippen LogP contribution >= 0.6 is 23.2 Å². The molecule has 0 aliphatic carbocycles. The van der Waals surface area contributed by atoms with Crippen molar-refractivity contribution in [2.75, 3.05) is 11.9 Å². The molecule has 1 rings (SSSR count). The first kappa shape index (κ1) is 12.5. The van der Waals surface area contributed by atoms with Crippen LogP contribution in [0.15, 0.2) is 6.20 Å². The van der Waals surface area contributed by atoms with Crippen molar-refractivity contribution in [1.29, 1.82) is 0 Å². The molecule has 15 heavy (non-hydrogen) atoms. The van der Waals surface area contributed by atoms with E-state index >= 15 is 0 Å². The number of hydrogen-bond acceptors (Lipinski definition) is 4. The smallest absolute Gasteiger partial charge is 0.224 e. The molecule has 0 aromatic carbocycles. The molecule has 0 saturated heterocycles. The lowest BCUT2D eigenvalue weighted by Crippen LogP contribution is -2.32. The van der Waals surface area contributed by atoms with Crippen molar-refractivity contribution in [2.45, 2.75) is 25.8 Å². The fourth-order valence-corrected chi connectivity index (χ4v) is 1.37. The quantitative estimate of drug-likeness (QED) is 0.805. The lowest BCUT2D eigenvalue weighted by molar-refractivity contribution is 0.260. The Labute approximate surface area is 98.6 Å². The summed E-state index contributed by atoms with van der Waals surface area (Å²) in [4.78, 5) is 7.72. The van der Waals surface area contributed by atoms with Gasteiger partial charge in [-0.1, -0.05) is 11.6 Å². The highest BCUT2D eigenvalue weighted by molar-refractivity contribution is 6.33. The van der Waals surface area contributed by atoms with Gasteiger partial charge in [-0.3, -0.25) is 0 Å². The highest BCUT2D eigenvalue weighted by Gasteiger charge is 2.18. The first-order valence-corrected chi connectivity index (χ1v) is 5.27. The second-order valence-electron chi connectivity index (χ2n) is 3.82. The molecule has 0 unspecified atom stereocenters. The Hall–Kier alpha value is -0.580. The number of aromatic nitrogens is 2. The number of nitrogens with zero attached hydrogens (tertiary/aromatic N) is 2. The molecule has 0 amide bonds. The summed E-state index contributed by atoms with van der Waals surface area (Å²) < 4.78 is 0. The molecule has 4 nitrogen and oxygen atoms in total. The van der Waals surface area contributed by atoms with Crippen molar-refractivity contribution in [2.24, 2.45) is 0 Å². The van der Waals surface area contributed by atoms with Gasteiger partial charge in [0.25, 0.3) is 0 Å². The Morgan fingerprint density at radius 3 is 2.73 bits per heavy atom. The molecule has 2 N–H and O–H groups in total. The van der Waals surface area contributed by atoms with E-state index < -0.39 is 0 Å². The molecule has 0 spiro atoms. The molecular weight excluding hydrogens is 237 g/mol. The number of rotatable bonds is 4. The minimum Gasteiger partial charge on any atom is -0.396 e. The summed E-state index contributed by atoms with van der Waals surface area (Å²) in [5.41, 5.74) is -0.296. The van der Waals surface area contributed by atoms with Crippen molar-refractivity contribution in [3.05, 3.63) is 16.5 Å². The normalized spacial score (nSPS) is 11.5. The van der Waals surface area contributed by atoms with E-state index in [0.717, 1.165) is 0 Å². The summed E-state index contributed by atoms with van der Waals surface area (Å²) >= 11 is 11.5. The number of nitrogens with one attached hydrogen (secondary N) is 1. The van der Waals surface area contributed by atoms with Gasteiger partial charge in [0.1, 0.15) is 10.8 Å². The van der Waals surface area contributed by atoms with Crippen molar-refractivity contribution >= 4 is 29.0 Å². The van der Waals surface area contributed by atoms with Gasteiger partial charge in [-0.05, 0) is 31.9 Å². The number of aliphatic hydroxyl groups excluding tert-OH is 1. The predicted octanol–water partition coefficient (Wildman–Crippen LogP) is 2.36. The minimum absolute atomic E-state index is 0.0937. The Morgan fingerprint density at radius 2 is 2.13 bits per heavy atom. The van der Waals surface area contributed by atoms with Crippen molar-refractivity contribution in [3.63, 3.8) is 0 Å². The van der Waals surface area contributed by atoms with Gasteiger partial charge in [0.2, 0.25) is 5.28 Å². The van der Waals surface area contributed by atoms with Gasteiger partial charge in [-0.25, -0.2) is 4.98 Å². The SMILES string of the molecule is CC(C)(CCO)Nc1nc(Cl)ncc1Cl. The molecular formula is C9H13Cl2N3O. The predicted molar refractivity (Wildman–Crippen MR) is 61.5 cm³/mol. The summed E-state index contributed by atoms with van der Waals surface area (Å²) in [5.74, 6) is 0.482. The van der Waals surface area contributed by atoms with Gasteiger partial charge < -0.3 is 10.4 Å². The van der Waals surface area contributed by atoms with Crippen LogP contribution in [-0.4, -0.2) is 27.2 Å². The summed E-state index contributed by atoms with van der Waals surface area (Å²) in [5, 5.41) is 12.5. The Morgan fingerprint density at radius 1 is 1.47 bits per heavy atom. The molecule has 0 atom stereocenters. The Bertz CT molecular complexity index is 344. The molecule has 1 aromatic rings. The van der Waals surface area contributed by atoms with E-state index in [-0.39, 0.29) is 17.4 Å². The van der Waals surface area contributed by atoms with Crippen molar-refractivity contribution in [3.8, 4) is 0 Å². The largest absolute Gasteiger partial charge is 0.396 e. The maximum atomic E-state index is 8.87. The third kappa shape index (κ3) is 3.81. The maximum Gasteiger partial charge on any atom is 0.224 e. The first-order chi connectivity index (χ1) is 6.94. The van der Waals surface area contributed by atoms with Crippen LogP contribution in [-0.2, 0) is 0 Å². The van der Waals surface area contributed by atoms with Crippen LogP contribution in [0, 0.1) is 0 Å². The van der Waals surface area contributed by atoms with Gasteiger partial charge in [0.05, 0.1) is 6.20 Å². The van der Waals surface area contributed by atoms with Crippen LogP contribution in [0.2, 0.25) is 10.3 Å². The minimum atomic E-state index is -0.296. The standard InChI is InChI=1S/C9H13Cl2N3O/c1-9(2,3-4-15)14-7-6(10)5-12-8(11)13-7/h5,15H,3-4H2,1-2H3,(H,12,13,14). The van der Waals surface area contributed by atoms with Crippen LogP contribution in [0.3, 0.4) is 0 Å². The molecule has 1 aromatic heterocycles. The molecule has 0 fully saturated rings. The van der Waals surface area contributed by atoms with E-state index in [1.165, 1.54) is 6.20 Å². The van der Waals surface area contributed by atoms with E-state index in [1.54, 1.807) is 0 Å². The zero-order valence-electron chi connectivity index (χ0n) is 8.59. The van der Waals surface area contributed by atoms with Crippen LogP contribution in [0.25, 0.3) is 0 Å². The van der Waals surface area contributed by atoms with Crippen LogP contribution in [0.4, 0.5) is 5.82 Å². The maximum absolute atomic E-state index is 8.87. The second-order valence-corrected chi connectivity index (χ2v) is 4.56. The lowest BCUT2D eigenvalue weighted by atomic mass is 10.0. The Balaban J connectivity index is 2.83. The van der Waals surface area contributed by atoms with Gasteiger partial charge in [-0.15, -0.1) is 0 Å². The average Bonchev–Trinajstić information content (AvgIpc) is 2.10. The van der Waals surface area contributed by atoms with Gasteiger partial charge in [0.15, 0.2) is 0 Å². The van der Waals surface area contributed by atoms with E-state index in [0.29, 0.717) is 17.3 Å². The summed E-state index contributed by atoms with van der Waals surface area (Å²) in [6, 6.07) is 0. The second kappa shape index (κ2) is 4.96. The molecule has 0 bridgehead atoms. The van der Waals surface area contributed by atoms with Crippen LogP contribution < -0.4 is 5.32 Å². The van der Waals surface area contributed by atoms with E-state index in [1.807, 2.05) is 13.8 Å².